The minimum atomic E-state index is -0.517. The van der Waals surface area contributed by atoms with Gasteiger partial charge in [0.15, 0.2) is 5.76 Å². The Labute approximate surface area is 165 Å². The molecule has 1 aromatic rings. The van der Waals surface area contributed by atoms with Gasteiger partial charge in [-0.15, -0.1) is 0 Å². The molecule has 0 aromatic carbocycles. The Kier molecular flexibility index (Phi) is 5.96. The maximum Gasteiger partial charge on any atom is 0.410 e. The van der Waals surface area contributed by atoms with Gasteiger partial charge < -0.3 is 23.9 Å². The van der Waals surface area contributed by atoms with Crippen molar-refractivity contribution in [1.82, 2.24) is 14.7 Å². The van der Waals surface area contributed by atoms with Crippen LogP contribution in [0.2, 0.25) is 0 Å². The van der Waals surface area contributed by atoms with Gasteiger partial charge in [-0.1, -0.05) is 0 Å². The number of piperidine rings is 1. The van der Waals surface area contributed by atoms with E-state index in [0.717, 1.165) is 0 Å². The molecule has 2 aliphatic heterocycles. The second-order valence-corrected chi connectivity index (χ2v) is 8.34. The molecular formula is C20H29N3O5. The van der Waals surface area contributed by atoms with Crippen molar-refractivity contribution < 1.29 is 23.5 Å². The van der Waals surface area contributed by atoms with Crippen LogP contribution in [0.15, 0.2) is 22.8 Å². The summed E-state index contributed by atoms with van der Waals surface area (Å²) in [6.45, 7) is 8.65. The van der Waals surface area contributed by atoms with Gasteiger partial charge in [0.05, 0.1) is 6.26 Å². The van der Waals surface area contributed by atoms with Crippen LogP contribution in [0.5, 0.6) is 0 Å². The average molecular weight is 391 g/mol. The first-order chi connectivity index (χ1) is 13.2. The van der Waals surface area contributed by atoms with E-state index in [-0.39, 0.29) is 23.8 Å². The summed E-state index contributed by atoms with van der Waals surface area (Å²) in [5.74, 6) is 0.233. The van der Waals surface area contributed by atoms with E-state index in [1.807, 2.05) is 25.7 Å². The Morgan fingerprint density at radius 1 is 0.964 bits per heavy atom. The zero-order chi connectivity index (χ0) is 20.3. The number of nitrogens with zero attached hydrogens (tertiary/aromatic N) is 3. The lowest BCUT2D eigenvalue weighted by Gasteiger charge is -2.38. The minimum Gasteiger partial charge on any atom is -0.459 e. The molecule has 0 radical (unpaired) electrons. The van der Waals surface area contributed by atoms with Crippen molar-refractivity contribution in [3.8, 4) is 0 Å². The predicted molar refractivity (Wildman–Crippen MR) is 102 cm³/mol. The predicted octanol–water partition coefficient (Wildman–Crippen LogP) is 2.21. The van der Waals surface area contributed by atoms with Gasteiger partial charge in [-0.3, -0.25) is 9.59 Å². The number of rotatable bonds is 2. The topological polar surface area (TPSA) is 83.3 Å². The van der Waals surface area contributed by atoms with E-state index >= 15 is 0 Å². The van der Waals surface area contributed by atoms with Crippen molar-refractivity contribution in [2.24, 2.45) is 5.92 Å². The third-order valence-electron chi connectivity index (χ3n) is 5.11. The molecule has 1 aromatic heterocycles. The van der Waals surface area contributed by atoms with Gasteiger partial charge >= 0.3 is 6.09 Å². The number of piperazine rings is 1. The summed E-state index contributed by atoms with van der Waals surface area (Å²) in [5, 5.41) is 0. The molecule has 0 aliphatic carbocycles. The van der Waals surface area contributed by atoms with Gasteiger partial charge in [0.2, 0.25) is 5.91 Å². The van der Waals surface area contributed by atoms with Gasteiger partial charge in [-0.25, -0.2) is 4.79 Å². The molecule has 3 rings (SSSR count). The minimum absolute atomic E-state index is 0.0778. The number of ether oxygens (including phenoxy) is 1. The molecule has 0 unspecified atom stereocenters. The molecule has 0 spiro atoms. The van der Waals surface area contributed by atoms with E-state index in [2.05, 4.69) is 0 Å². The molecule has 2 aliphatic rings. The van der Waals surface area contributed by atoms with Gasteiger partial charge in [0, 0.05) is 45.2 Å². The maximum absolute atomic E-state index is 12.8. The molecule has 8 nitrogen and oxygen atoms in total. The first-order valence-electron chi connectivity index (χ1n) is 9.84. The Morgan fingerprint density at radius 3 is 2.11 bits per heavy atom. The Bertz CT molecular complexity index is 694. The van der Waals surface area contributed by atoms with Crippen LogP contribution in [0.3, 0.4) is 0 Å². The summed E-state index contributed by atoms with van der Waals surface area (Å²) in [4.78, 5) is 42.5. The largest absolute Gasteiger partial charge is 0.459 e. The van der Waals surface area contributed by atoms with Gasteiger partial charge in [-0.2, -0.15) is 0 Å². The second-order valence-electron chi connectivity index (χ2n) is 8.34. The maximum atomic E-state index is 12.8. The number of likely N-dealkylation sites (tertiary alicyclic amines) is 1. The number of carbonyl (C=O) groups is 3. The van der Waals surface area contributed by atoms with Crippen molar-refractivity contribution in [1.29, 1.82) is 0 Å². The zero-order valence-corrected chi connectivity index (χ0v) is 16.8. The number of carbonyl (C=O) groups excluding carboxylic acids is 3. The first kappa shape index (κ1) is 20.2. The van der Waals surface area contributed by atoms with Crippen molar-refractivity contribution in [3.63, 3.8) is 0 Å². The standard InChI is InChI=1S/C20H29N3O5/c1-20(2,3)28-19(26)23-8-6-15(7-9-23)17(24)21-10-12-22(13-11-21)18(25)16-5-4-14-27-16/h4-5,14-15H,6-13H2,1-3H3. The molecule has 0 saturated carbocycles. The lowest BCUT2D eigenvalue weighted by atomic mass is 9.95. The zero-order valence-electron chi connectivity index (χ0n) is 16.8. The summed E-state index contributed by atoms with van der Waals surface area (Å²) in [6.07, 6.45) is 2.45. The van der Waals surface area contributed by atoms with Crippen LogP contribution >= 0.6 is 0 Å². The third kappa shape index (κ3) is 4.85. The Balaban J connectivity index is 1.45. The van der Waals surface area contributed by atoms with Crippen LogP contribution in [-0.2, 0) is 9.53 Å². The quantitative estimate of drug-likeness (QED) is 0.772. The van der Waals surface area contributed by atoms with Gasteiger partial charge in [0.25, 0.3) is 5.91 Å². The van der Waals surface area contributed by atoms with Crippen LogP contribution in [-0.4, -0.2) is 77.5 Å². The SMILES string of the molecule is CC(C)(C)OC(=O)N1CCC(C(=O)N2CCN(C(=O)c3ccco3)CC2)CC1. The van der Waals surface area contributed by atoms with E-state index in [1.54, 1.807) is 21.9 Å². The summed E-state index contributed by atoms with van der Waals surface area (Å²) in [6, 6.07) is 3.34. The molecule has 0 N–H and O–H groups in total. The number of furan rings is 1. The average Bonchev–Trinajstić information content (AvgIpc) is 3.20. The van der Waals surface area contributed by atoms with E-state index in [4.69, 9.17) is 9.15 Å². The fourth-order valence-electron chi connectivity index (χ4n) is 3.58. The van der Waals surface area contributed by atoms with Crippen molar-refractivity contribution in [2.75, 3.05) is 39.3 Å². The molecular weight excluding hydrogens is 362 g/mol. The lowest BCUT2D eigenvalue weighted by molar-refractivity contribution is -0.138. The summed E-state index contributed by atoms with van der Waals surface area (Å²) in [7, 11) is 0. The van der Waals surface area contributed by atoms with E-state index < -0.39 is 5.60 Å². The summed E-state index contributed by atoms with van der Waals surface area (Å²) >= 11 is 0. The number of hydrogen-bond donors (Lipinski definition) is 0. The molecule has 28 heavy (non-hydrogen) atoms. The van der Waals surface area contributed by atoms with E-state index in [1.165, 1.54) is 6.26 Å². The highest BCUT2D eigenvalue weighted by atomic mass is 16.6. The Morgan fingerprint density at radius 2 is 1.57 bits per heavy atom. The highest BCUT2D eigenvalue weighted by molar-refractivity contribution is 5.91. The second kappa shape index (κ2) is 8.24. The van der Waals surface area contributed by atoms with Crippen LogP contribution in [0.25, 0.3) is 0 Å². The fourth-order valence-corrected chi connectivity index (χ4v) is 3.58. The number of amides is 3. The Hall–Kier alpha value is -2.51. The molecule has 3 heterocycles. The third-order valence-corrected chi connectivity index (χ3v) is 5.11. The van der Waals surface area contributed by atoms with Crippen molar-refractivity contribution >= 4 is 17.9 Å². The van der Waals surface area contributed by atoms with E-state index in [0.29, 0.717) is 57.9 Å². The van der Waals surface area contributed by atoms with Crippen LogP contribution < -0.4 is 0 Å². The normalized spacial score (nSPS) is 18.9. The van der Waals surface area contributed by atoms with Crippen molar-refractivity contribution in [3.05, 3.63) is 24.2 Å². The van der Waals surface area contributed by atoms with Gasteiger partial charge in [0.1, 0.15) is 5.60 Å². The fraction of sp³-hybridized carbons (Fsp3) is 0.650. The smallest absolute Gasteiger partial charge is 0.410 e. The van der Waals surface area contributed by atoms with Crippen molar-refractivity contribution in [2.45, 2.75) is 39.2 Å². The van der Waals surface area contributed by atoms with Crippen LogP contribution in [0, 0.1) is 5.92 Å². The van der Waals surface area contributed by atoms with E-state index in [9.17, 15) is 14.4 Å². The highest BCUT2D eigenvalue weighted by Crippen LogP contribution is 2.22. The van der Waals surface area contributed by atoms with Gasteiger partial charge in [-0.05, 0) is 45.7 Å². The molecule has 154 valence electrons. The molecule has 0 bridgehead atoms. The molecule has 8 heteroatoms. The van der Waals surface area contributed by atoms with Crippen LogP contribution in [0.4, 0.5) is 4.79 Å². The number of hydrogen-bond acceptors (Lipinski definition) is 5. The summed E-state index contributed by atoms with van der Waals surface area (Å²) < 4.78 is 10.6. The lowest BCUT2D eigenvalue weighted by Crippen LogP contribution is -2.53. The monoisotopic (exact) mass is 391 g/mol. The highest BCUT2D eigenvalue weighted by Gasteiger charge is 2.34. The molecule has 2 saturated heterocycles. The molecule has 0 atom stereocenters. The molecule has 3 amide bonds. The summed E-state index contributed by atoms with van der Waals surface area (Å²) in [5.41, 5.74) is -0.517. The van der Waals surface area contributed by atoms with Crippen LogP contribution in [0.1, 0.15) is 44.2 Å². The molecule has 2 fully saturated rings. The first-order valence-corrected chi connectivity index (χ1v) is 9.84.